The van der Waals surface area contributed by atoms with Crippen LogP contribution >= 0.6 is 37.2 Å². The number of aromatic nitrogens is 1. The van der Waals surface area contributed by atoms with Crippen LogP contribution in [0.2, 0.25) is 0 Å². The maximum Gasteiger partial charge on any atom is 0.123 e. The van der Waals surface area contributed by atoms with Gasteiger partial charge < -0.3 is 10.4 Å². The van der Waals surface area contributed by atoms with Gasteiger partial charge in [-0.15, -0.1) is 37.2 Å². The molecule has 0 amide bonds. The van der Waals surface area contributed by atoms with Crippen LogP contribution < -0.4 is 5.32 Å². The van der Waals surface area contributed by atoms with E-state index in [1.54, 1.807) is 18.3 Å². The molecule has 2 N–H and O–H groups in total. The molecule has 1 aromatic heterocycles. The van der Waals surface area contributed by atoms with Crippen molar-refractivity contribution in [3.8, 4) is 0 Å². The van der Waals surface area contributed by atoms with Gasteiger partial charge in [0.25, 0.3) is 0 Å². The molecule has 0 aliphatic carbocycles. The minimum absolute atomic E-state index is 0. The number of β-amino-alcohol motifs (C(OH)–C–C–N with tert-alkyl or cyclic N) is 1. The molecule has 2 heterocycles. The van der Waals surface area contributed by atoms with E-state index in [2.05, 4.69) is 15.2 Å². The number of rotatable bonds is 5. The zero-order chi connectivity index (χ0) is 16.1. The van der Waals surface area contributed by atoms with Crippen LogP contribution in [0.4, 0.5) is 4.39 Å². The van der Waals surface area contributed by atoms with Gasteiger partial charge in [0.05, 0.1) is 11.8 Å². The standard InChI is InChI=1S/C18H22FN3O.3ClH/c19-15-6-4-14(5-7-15)12-22-10-8-17(18(23)13-22)21-11-16-3-1-2-9-20-16;;;/h1-7,9,17-18,21,23H,8,10-13H2;3*1H/t17-,18-;;;/m1.../s1. The quantitative estimate of drug-likeness (QED) is 0.774. The van der Waals surface area contributed by atoms with Crippen molar-refractivity contribution >= 4 is 37.2 Å². The number of hydrogen-bond acceptors (Lipinski definition) is 4. The zero-order valence-electron chi connectivity index (χ0n) is 14.3. The van der Waals surface area contributed by atoms with E-state index < -0.39 is 6.10 Å². The average Bonchev–Trinajstić information content (AvgIpc) is 2.57. The van der Waals surface area contributed by atoms with Gasteiger partial charge in [-0.05, 0) is 36.2 Å². The molecular formula is C18H25Cl3FN3O. The van der Waals surface area contributed by atoms with E-state index >= 15 is 0 Å². The largest absolute Gasteiger partial charge is 0.390 e. The summed E-state index contributed by atoms with van der Waals surface area (Å²) >= 11 is 0. The van der Waals surface area contributed by atoms with Crippen molar-refractivity contribution in [3.05, 3.63) is 65.7 Å². The second kappa shape index (κ2) is 12.4. The molecule has 146 valence electrons. The Morgan fingerprint density at radius 2 is 1.85 bits per heavy atom. The summed E-state index contributed by atoms with van der Waals surface area (Å²) in [6.45, 7) is 2.94. The highest BCUT2D eigenvalue weighted by molar-refractivity contribution is 5.86. The Labute approximate surface area is 172 Å². The number of nitrogens with zero attached hydrogens (tertiary/aromatic N) is 2. The second-order valence-electron chi connectivity index (χ2n) is 6.03. The van der Waals surface area contributed by atoms with E-state index in [4.69, 9.17) is 0 Å². The summed E-state index contributed by atoms with van der Waals surface area (Å²) in [5, 5.41) is 13.7. The monoisotopic (exact) mass is 423 g/mol. The first-order chi connectivity index (χ1) is 11.2. The third-order valence-corrected chi connectivity index (χ3v) is 4.26. The Morgan fingerprint density at radius 3 is 2.46 bits per heavy atom. The third-order valence-electron chi connectivity index (χ3n) is 4.26. The van der Waals surface area contributed by atoms with Crippen molar-refractivity contribution in [1.29, 1.82) is 0 Å². The fraction of sp³-hybridized carbons (Fsp3) is 0.389. The van der Waals surface area contributed by atoms with Crippen molar-refractivity contribution in [2.24, 2.45) is 0 Å². The van der Waals surface area contributed by atoms with Crippen LogP contribution in [0.15, 0.2) is 48.7 Å². The fourth-order valence-corrected chi connectivity index (χ4v) is 2.97. The Bertz CT molecular complexity index is 619. The van der Waals surface area contributed by atoms with Gasteiger partial charge in [-0.1, -0.05) is 18.2 Å². The van der Waals surface area contributed by atoms with Crippen molar-refractivity contribution in [3.63, 3.8) is 0 Å². The molecule has 0 unspecified atom stereocenters. The maximum absolute atomic E-state index is 12.9. The van der Waals surface area contributed by atoms with E-state index in [1.165, 1.54) is 12.1 Å². The molecule has 2 atom stereocenters. The van der Waals surface area contributed by atoms with Crippen molar-refractivity contribution < 1.29 is 9.50 Å². The molecule has 26 heavy (non-hydrogen) atoms. The molecule has 0 saturated carbocycles. The number of pyridine rings is 1. The first kappa shape index (κ1) is 25.1. The van der Waals surface area contributed by atoms with E-state index in [0.717, 1.165) is 30.8 Å². The lowest BCUT2D eigenvalue weighted by Gasteiger charge is -2.36. The van der Waals surface area contributed by atoms with Crippen LogP contribution in [0.1, 0.15) is 17.7 Å². The minimum Gasteiger partial charge on any atom is -0.390 e. The number of nitrogens with one attached hydrogen (secondary N) is 1. The smallest absolute Gasteiger partial charge is 0.123 e. The van der Waals surface area contributed by atoms with Gasteiger partial charge in [0.15, 0.2) is 0 Å². The van der Waals surface area contributed by atoms with Gasteiger partial charge in [-0.3, -0.25) is 9.88 Å². The lowest BCUT2D eigenvalue weighted by atomic mass is 10.0. The number of benzene rings is 1. The van der Waals surface area contributed by atoms with Crippen LogP contribution in [0, 0.1) is 5.82 Å². The van der Waals surface area contributed by atoms with Crippen LogP contribution in [0.25, 0.3) is 0 Å². The summed E-state index contributed by atoms with van der Waals surface area (Å²) in [5.41, 5.74) is 2.05. The zero-order valence-corrected chi connectivity index (χ0v) is 16.7. The van der Waals surface area contributed by atoms with Gasteiger partial charge in [0, 0.05) is 38.4 Å². The number of aliphatic hydroxyl groups excluding tert-OH is 1. The first-order valence-electron chi connectivity index (χ1n) is 7.99. The lowest BCUT2D eigenvalue weighted by molar-refractivity contribution is 0.0364. The number of hydrogen-bond donors (Lipinski definition) is 2. The molecule has 1 saturated heterocycles. The summed E-state index contributed by atoms with van der Waals surface area (Å²) in [5.74, 6) is -0.216. The SMILES string of the molecule is Cl.Cl.Cl.O[C@@H]1CN(Cc2ccc(F)cc2)CC[C@H]1NCc1ccccn1. The molecule has 1 fully saturated rings. The predicted molar refractivity (Wildman–Crippen MR) is 109 cm³/mol. The van der Waals surface area contributed by atoms with Crippen molar-refractivity contribution in [1.82, 2.24) is 15.2 Å². The van der Waals surface area contributed by atoms with Crippen LogP contribution in [0.5, 0.6) is 0 Å². The highest BCUT2D eigenvalue weighted by Gasteiger charge is 2.27. The topological polar surface area (TPSA) is 48.4 Å². The Hall–Kier alpha value is -0.950. The van der Waals surface area contributed by atoms with Crippen LogP contribution in [-0.4, -0.2) is 40.2 Å². The molecule has 3 rings (SSSR count). The Kier molecular flexibility index (Phi) is 12.0. The summed E-state index contributed by atoms with van der Waals surface area (Å²) in [6.07, 6.45) is 2.25. The summed E-state index contributed by atoms with van der Waals surface area (Å²) < 4.78 is 12.9. The lowest BCUT2D eigenvalue weighted by Crippen LogP contribution is -2.52. The second-order valence-corrected chi connectivity index (χ2v) is 6.03. The predicted octanol–water partition coefficient (Wildman–Crippen LogP) is 3.21. The Balaban J connectivity index is 0.00000208. The third kappa shape index (κ3) is 7.35. The van der Waals surface area contributed by atoms with Gasteiger partial charge >= 0.3 is 0 Å². The summed E-state index contributed by atoms with van der Waals surface area (Å²) in [6, 6.07) is 12.5. The van der Waals surface area contributed by atoms with Gasteiger partial charge in [-0.25, -0.2) is 4.39 Å². The highest BCUT2D eigenvalue weighted by atomic mass is 35.5. The molecular weight excluding hydrogens is 400 g/mol. The van der Waals surface area contributed by atoms with Crippen LogP contribution in [-0.2, 0) is 13.1 Å². The molecule has 0 radical (unpaired) electrons. The molecule has 2 aromatic rings. The molecule has 4 nitrogen and oxygen atoms in total. The molecule has 8 heteroatoms. The van der Waals surface area contributed by atoms with Gasteiger partial charge in [0.1, 0.15) is 5.82 Å². The summed E-state index contributed by atoms with van der Waals surface area (Å²) in [7, 11) is 0. The molecule has 0 bridgehead atoms. The molecule has 1 aliphatic rings. The summed E-state index contributed by atoms with van der Waals surface area (Å²) in [4.78, 5) is 6.49. The Morgan fingerprint density at radius 1 is 1.12 bits per heavy atom. The first-order valence-corrected chi connectivity index (χ1v) is 7.99. The normalized spacial score (nSPS) is 19.6. The van der Waals surface area contributed by atoms with Crippen LogP contribution in [0.3, 0.4) is 0 Å². The molecule has 1 aliphatic heterocycles. The van der Waals surface area contributed by atoms with E-state index in [1.807, 2.05) is 18.2 Å². The number of likely N-dealkylation sites (tertiary alicyclic amines) is 1. The van der Waals surface area contributed by atoms with E-state index in [-0.39, 0.29) is 49.1 Å². The van der Waals surface area contributed by atoms with Crippen molar-refractivity contribution in [2.45, 2.75) is 31.7 Å². The van der Waals surface area contributed by atoms with Gasteiger partial charge in [-0.2, -0.15) is 0 Å². The highest BCUT2D eigenvalue weighted by Crippen LogP contribution is 2.15. The van der Waals surface area contributed by atoms with Gasteiger partial charge in [0.2, 0.25) is 0 Å². The number of aliphatic hydroxyl groups is 1. The maximum atomic E-state index is 12.9. The van der Waals surface area contributed by atoms with Crippen molar-refractivity contribution in [2.75, 3.05) is 13.1 Å². The van der Waals surface area contributed by atoms with E-state index in [0.29, 0.717) is 13.1 Å². The minimum atomic E-state index is -0.409. The molecule has 1 aromatic carbocycles. The number of piperidine rings is 1. The number of halogens is 4. The fourth-order valence-electron chi connectivity index (χ4n) is 2.97. The average molecular weight is 425 g/mol. The molecule has 0 spiro atoms. The van der Waals surface area contributed by atoms with E-state index in [9.17, 15) is 9.50 Å².